The van der Waals surface area contributed by atoms with Gasteiger partial charge in [0.15, 0.2) is 6.10 Å². The number of hydrogen-bond acceptors (Lipinski definition) is 7. The molecule has 7 heteroatoms. The van der Waals surface area contributed by atoms with Gasteiger partial charge in [-0.1, -0.05) is 91.0 Å². The van der Waals surface area contributed by atoms with Gasteiger partial charge in [0.05, 0.1) is 19.8 Å². The number of carbonyl (C=O) groups is 1. The van der Waals surface area contributed by atoms with E-state index in [-0.39, 0.29) is 19.8 Å². The number of aliphatic hydroxyl groups excluding tert-OH is 2. The molecule has 0 amide bonds. The average Bonchev–Trinajstić information content (AvgIpc) is 2.90. The molecule has 2 N–H and O–H groups in total. The third kappa shape index (κ3) is 6.78. The van der Waals surface area contributed by atoms with Gasteiger partial charge in [-0.3, -0.25) is 4.79 Å². The van der Waals surface area contributed by atoms with Gasteiger partial charge in [-0.2, -0.15) is 0 Å². The van der Waals surface area contributed by atoms with Crippen LogP contribution in [0.5, 0.6) is 0 Å². The summed E-state index contributed by atoms with van der Waals surface area (Å²) in [7, 11) is 0. The zero-order valence-electron chi connectivity index (χ0n) is 20.2. The van der Waals surface area contributed by atoms with E-state index in [1.54, 1.807) is 0 Å². The zero-order chi connectivity index (χ0) is 25.3. The summed E-state index contributed by atoms with van der Waals surface area (Å²) in [5.41, 5.74) is 2.74. The molecule has 3 aromatic carbocycles. The molecular formula is C29H32O7. The summed E-state index contributed by atoms with van der Waals surface area (Å²) in [6, 6.07) is 28.7. The van der Waals surface area contributed by atoms with E-state index >= 15 is 0 Å². The van der Waals surface area contributed by atoms with E-state index in [9.17, 15) is 15.0 Å². The summed E-state index contributed by atoms with van der Waals surface area (Å²) >= 11 is 0. The number of esters is 1. The summed E-state index contributed by atoms with van der Waals surface area (Å²) in [5, 5.41) is 22.4. The second-order valence-corrected chi connectivity index (χ2v) is 8.84. The van der Waals surface area contributed by atoms with E-state index in [2.05, 4.69) is 0 Å². The molecule has 4 rings (SSSR count). The smallest absolute Gasteiger partial charge is 0.303 e. The maximum atomic E-state index is 11.8. The first-order chi connectivity index (χ1) is 17.5. The van der Waals surface area contributed by atoms with Gasteiger partial charge in [0.1, 0.15) is 30.5 Å². The highest BCUT2D eigenvalue weighted by atomic mass is 16.6. The van der Waals surface area contributed by atoms with E-state index in [1.165, 1.54) is 6.92 Å². The van der Waals surface area contributed by atoms with Crippen molar-refractivity contribution in [3.8, 4) is 0 Å². The van der Waals surface area contributed by atoms with Crippen molar-refractivity contribution in [3.63, 3.8) is 0 Å². The minimum absolute atomic E-state index is 0.196. The van der Waals surface area contributed by atoms with Crippen LogP contribution in [0.2, 0.25) is 0 Å². The fraction of sp³-hybridized carbons (Fsp3) is 0.345. The van der Waals surface area contributed by atoms with Gasteiger partial charge in [0.25, 0.3) is 0 Å². The van der Waals surface area contributed by atoms with E-state index < -0.39 is 42.6 Å². The lowest BCUT2D eigenvalue weighted by Gasteiger charge is -2.46. The van der Waals surface area contributed by atoms with Crippen molar-refractivity contribution in [1.29, 1.82) is 0 Å². The van der Waals surface area contributed by atoms with Crippen molar-refractivity contribution in [2.75, 3.05) is 0 Å². The fourth-order valence-corrected chi connectivity index (χ4v) is 4.36. The largest absolute Gasteiger partial charge is 0.457 e. The van der Waals surface area contributed by atoms with Crippen LogP contribution in [0.3, 0.4) is 0 Å². The molecule has 7 nitrogen and oxygen atoms in total. The van der Waals surface area contributed by atoms with E-state index in [1.807, 2.05) is 91.0 Å². The molecule has 0 heterocycles. The Labute approximate surface area is 211 Å². The normalized spacial score (nSPS) is 25.9. The summed E-state index contributed by atoms with van der Waals surface area (Å²) in [6.07, 6.45) is -6.59. The number of rotatable bonds is 10. The second-order valence-electron chi connectivity index (χ2n) is 8.84. The van der Waals surface area contributed by atoms with E-state index in [0.717, 1.165) is 16.7 Å². The Balaban J connectivity index is 1.60. The van der Waals surface area contributed by atoms with Gasteiger partial charge in [0, 0.05) is 6.92 Å². The Morgan fingerprint density at radius 2 is 0.917 bits per heavy atom. The molecule has 1 aliphatic rings. The Morgan fingerprint density at radius 1 is 0.583 bits per heavy atom. The summed E-state index contributed by atoms with van der Waals surface area (Å²) in [4.78, 5) is 11.8. The molecule has 1 fully saturated rings. The third-order valence-corrected chi connectivity index (χ3v) is 6.15. The summed E-state index contributed by atoms with van der Waals surface area (Å²) in [5.74, 6) is -0.620. The van der Waals surface area contributed by atoms with Crippen LogP contribution in [0.4, 0.5) is 0 Å². The molecule has 0 aliphatic heterocycles. The first-order valence-corrected chi connectivity index (χ1v) is 12.0. The number of carbonyl (C=O) groups excluding carboxylic acids is 1. The monoisotopic (exact) mass is 492 g/mol. The van der Waals surface area contributed by atoms with E-state index in [0.29, 0.717) is 0 Å². The molecule has 190 valence electrons. The topological polar surface area (TPSA) is 94.5 Å². The number of hydrogen-bond donors (Lipinski definition) is 2. The minimum Gasteiger partial charge on any atom is -0.457 e. The van der Waals surface area contributed by atoms with Crippen LogP contribution in [-0.4, -0.2) is 52.8 Å². The maximum Gasteiger partial charge on any atom is 0.303 e. The van der Waals surface area contributed by atoms with Crippen LogP contribution in [0.25, 0.3) is 0 Å². The molecule has 2 unspecified atom stereocenters. The molecule has 0 bridgehead atoms. The molecule has 6 atom stereocenters. The van der Waals surface area contributed by atoms with E-state index in [4.69, 9.17) is 18.9 Å². The molecule has 0 spiro atoms. The van der Waals surface area contributed by atoms with Crippen LogP contribution < -0.4 is 0 Å². The summed E-state index contributed by atoms with van der Waals surface area (Å²) in [6.45, 7) is 1.85. The van der Waals surface area contributed by atoms with Crippen LogP contribution in [0.15, 0.2) is 91.0 Å². The van der Waals surface area contributed by atoms with Crippen LogP contribution in [-0.2, 0) is 43.6 Å². The Kier molecular flexibility index (Phi) is 9.22. The van der Waals surface area contributed by atoms with Gasteiger partial charge < -0.3 is 29.2 Å². The van der Waals surface area contributed by atoms with Crippen LogP contribution in [0, 0.1) is 0 Å². The molecule has 0 radical (unpaired) electrons. The van der Waals surface area contributed by atoms with Gasteiger partial charge in [-0.25, -0.2) is 0 Å². The first-order valence-electron chi connectivity index (χ1n) is 12.0. The highest BCUT2D eigenvalue weighted by Gasteiger charge is 2.53. The predicted octanol–water partition coefficient (Wildman–Crippen LogP) is 3.41. The molecule has 36 heavy (non-hydrogen) atoms. The second kappa shape index (κ2) is 12.8. The van der Waals surface area contributed by atoms with Crippen molar-refractivity contribution in [2.24, 2.45) is 0 Å². The van der Waals surface area contributed by atoms with Crippen molar-refractivity contribution < 1.29 is 34.0 Å². The van der Waals surface area contributed by atoms with Crippen LogP contribution in [0.1, 0.15) is 23.6 Å². The molecule has 0 aromatic heterocycles. The van der Waals surface area contributed by atoms with Crippen molar-refractivity contribution in [2.45, 2.75) is 63.4 Å². The lowest BCUT2D eigenvalue weighted by Crippen LogP contribution is -2.66. The Morgan fingerprint density at radius 3 is 1.25 bits per heavy atom. The Hall–Kier alpha value is -3.07. The molecule has 0 saturated heterocycles. The quantitative estimate of drug-likeness (QED) is 0.419. The molecule has 1 saturated carbocycles. The highest BCUT2D eigenvalue weighted by Crippen LogP contribution is 2.32. The molecular weight excluding hydrogens is 460 g/mol. The number of aliphatic hydroxyl groups is 2. The highest BCUT2D eigenvalue weighted by molar-refractivity contribution is 5.66. The van der Waals surface area contributed by atoms with Gasteiger partial charge in [-0.15, -0.1) is 0 Å². The van der Waals surface area contributed by atoms with Crippen molar-refractivity contribution in [1.82, 2.24) is 0 Å². The van der Waals surface area contributed by atoms with Gasteiger partial charge in [0.2, 0.25) is 0 Å². The zero-order valence-corrected chi connectivity index (χ0v) is 20.2. The van der Waals surface area contributed by atoms with Crippen molar-refractivity contribution in [3.05, 3.63) is 108 Å². The summed E-state index contributed by atoms with van der Waals surface area (Å²) < 4.78 is 23.9. The lowest BCUT2D eigenvalue weighted by molar-refractivity contribution is -0.267. The average molecular weight is 493 g/mol. The third-order valence-electron chi connectivity index (χ3n) is 6.15. The van der Waals surface area contributed by atoms with Crippen LogP contribution >= 0.6 is 0 Å². The van der Waals surface area contributed by atoms with Crippen molar-refractivity contribution >= 4 is 5.97 Å². The standard InChI is InChI=1S/C29H32O7/c1-20(30)36-26-24(31)27(33-17-21-11-5-2-6-12-21)29(35-19-23-15-9-4-10-16-23)28(25(26)32)34-18-22-13-7-3-8-14-22/h2-16,24-29,31-32H,17-19H2,1H3/t24-,25+,26?,27-,28-,29?/m0/s1. The number of ether oxygens (including phenoxy) is 4. The maximum absolute atomic E-state index is 11.8. The SMILES string of the molecule is CC(=O)OC1[C@@H](O)[C@H](OCc2ccccc2)C(OCc2ccccc2)[C@@H](OCc2ccccc2)[C@H]1O. The number of benzene rings is 3. The van der Waals surface area contributed by atoms with Gasteiger partial charge in [-0.05, 0) is 16.7 Å². The molecule has 3 aromatic rings. The minimum atomic E-state index is -1.33. The fourth-order valence-electron chi connectivity index (χ4n) is 4.36. The molecule has 1 aliphatic carbocycles. The predicted molar refractivity (Wildman–Crippen MR) is 133 cm³/mol. The van der Waals surface area contributed by atoms with Gasteiger partial charge >= 0.3 is 5.97 Å². The lowest BCUT2D eigenvalue weighted by atomic mass is 9.84. The Bertz CT molecular complexity index is 1000. The first kappa shape index (κ1) is 26.0.